The van der Waals surface area contributed by atoms with Crippen LogP contribution in [0.1, 0.15) is 11.1 Å². The standard InChI is InChI=1S/C15H13F3N2O3/c16-15(17,18)11-1-3-12(4-2-11)20-14(22)13(21)19-7-5-10-6-8-23-9-10/h1-4,6,8-9H,5,7H2,(H,19,21)(H,20,22). The molecule has 0 fully saturated rings. The Labute approximate surface area is 129 Å². The first-order valence-electron chi connectivity index (χ1n) is 6.64. The largest absolute Gasteiger partial charge is 0.472 e. The third-order valence-corrected chi connectivity index (χ3v) is 2.96. The summed E-state index contributed by atoms with van der Waals surface area (Å²) in [7, 11) is 0. The Hall–Kier alpha value is -2.77. The van der Waals surface area contributed by atoms with Gasteiger partial charge in [0.2, 0.25) is 0 Å². The van der Waals surface area contributed by atoms with Crippen molar-refractivity contribution >= 4 is 17.5 Å². The molecule has 2 N–H and O–H groups in total. The second-order valence-corrected chi connectivity index (χ2v) is 4.67. The minimum atomic E-state index is -4.45. The zero-order valence-corrected chi connectivity index (χ0v) is 11.8. The maximum atomic E-state index is 12.4. The van der Waals surface area contributed by atoms with Gasteiger partial charge in [-0.2, -0.15) is 13.2 Å². The van der Waals surface area contributed by atoms with Crippen molar-refractivity contribution in [3.63, 3.8) is 0 Å². The molecule has 0 radical (unpaired) electrons. The summed E-state index contributed by atoms with van der Waals surface area (Å²) in [6.45, 7) is 0.235. The summed E-state index contributed by atoms with van der Waals surface area (Å²) in [5, 5.41) is 4.63. The lowest BCUT2D eigenvalue weighted by Crippen LogP contribution is -2.36. The molecule has 2 rings (SSSR count). The Morgan fingerprint density at radius 3 is 2.30 bits per heavy atom. The number of anilines is 1. The SMILES string of the molecule is O=C(NCCc1ccoc1)C(=O)Nc1ccc(C(F)(F)F)cc1. The molecule has 0 saturated carbocycles. The molecule has 1 aromatic carbocycles. The fraction of sp³-hybridized carbons (Fsp3) is 0.200. The Morgan fingerprint density at radius 2 is 1.74 bits per heavy atom. The summed E-state index contributed by atoms with van der Waals surface area (Å²) in [6, 6.07) is 5.55. The lowest BCUT2D eigenvalue weighted by atomic mass is 10.2. The highest BCUT2D eigenvalue weighted by molar-refractivity contribution is 6.39. The summed E-state index contributed by atoms with van der Waals surface area (Å²) in [5.41, 5.74) is 0.140. The van der Waals surface area contributed by atoms with Gasteiger partial charge in [0, 0.05) is 12.2 Å². The van der Waals surface area contributed by atoms with Crippen LogP contribution in [0, 0.1) is 0 Å². The van der Waals surface area contributed by atoms with Gasteiger partial charge < -0.3 is 15.1 Å². The Morgan fingerprint density at radius 1 is 1.04 bits per heavy atom. The van der Waals surface area contributed by atoms with Gasteiger partial charge in [-0.05, 0) is 42.3 Å². The van der Waals surface area contributed by atoms with Gasteiger partial charge >= 0.3 is 18.0 Å². The van der Waals surface area contributed by atoms with Crippen LogP contribution in [0.15, 0.2) is 47.3 Å². The first kappa shape index (κ1) is 16.6. The van der Waals surface area contributed by atoms with Crippen LogP contribution < -0.4 is 10.6 Å². The summed E-state index contributed by atoms with van der Waals surface area (Å²) in [4.78, 5) is 23.2. The van der Waals surface area contributed by atoms with Crippen LogP contribution in [0.25, 0.3) is 0 Å². The van der Waals surface area contributed by atoms with Gasteiger partial charge in [-0.25, -0.2) is 0 Å². The van der Waals surface area contributed by atoms with Crippen LogP contribution in [0.5, 0.6) is 0 Å². The summed E-state index contributed by atoms with van der Waals surface area (Å²) < 4.78 is 42.1. The molecule has 0 bridgehead atoms. The smallest absolute Gasteiger partial charge is 0.416 e. The van der Waals surface area contributed by atoms with E-state index in [1.807, 2.05) is 0 Å². The Bertz CT molecular complexity index is 664. The summed E-state index contributed by atoms with van der Waals surface area (Å²) in [6.07, 6.45) is -0.939. The Balaban J connectivity index is 1.82. The molecule has 0 saturated heterocycles. The topological polar surface area (TPSA) is 71.3 Å². The minimum absolute atomic E-state index is 0.105. The molecular weight excluding hydrogens is 313 g/mol. The van der Waals surface area contributed by atoms with Crippen LogP contribution in [0.3, 0.4) is 0 Å². The van der Waals surface area contributed by atoms with E-state index in [1.165, 1.54) is 12.5 Å². The third-order valence-electron chi connectivity index (χ3n) is 2.96. The molecular formula is C15H13F3N2O3. The quantitative estimate of drug-likeness (QED) is 0.849. The van der Waals surface area contributed by atoms with Crippen LogP contribution in [-0.4, -0.2) is 18.4 Å². The maximum absolute atomic E-state index is 12.4. The van der Waals surface area contributed by atoms with Crippen LogP contribution in [0.2, 0.25) is 0 Å². The average Bonchev–Trinajstić information content (AvgIpc) is 3.00. The molecule has 0 aliphatic rings. The maximum Gasteiger partial charge on any atom is 0.416 e. The number of nitrogens with one attached hydrogen (secondary N) is 2. The van der Waals surface area contributed by atoms with Crippen LogP contribution >= 0.6 is 0 Å². The predicted octanol–water partition coefficient (Wildman–Crippen LogP) is 2.60. The van der Waals surface area contributed by atoms with E-state index >= 15 is 0 Å². The molecule has 5 nitrogen and oxygen atoms in total. The van der Waals surface area contributed by atoms with Gasteiger partial charge in [0.05, 0.1) is 18.1 Å². The fourth-order valence-corrected chi connectivity index (χ4v) is 1.77. The van der Waals surface area contributed by atoms with Crippen molar-refractivity contribution < 1.29 is 27.2 Å². The molecule has 23 heavy (non-hydrogen) atoms. The molecule has 8 heteroatoms. The van der Waals surface area contributed by atoms with E-state index in [1.54, 1.807) is 6.07 Å². The number of benzene rings is 1. The van der Waals surface area contributed by atoms with Gasteiger partial charge in [0.15, 0.2) is 0 Å². The molecule has 0 atom stereocenters. The highest BCUT2D eigenvalue weighted by atomic mass is 19.4. The van der Waals surface area contributed by atoms with Crippen LogP contribution in [0.4, 0.5) is 18.9 Å². The molecule has 2 amide bonds. The first-order chi connectivity index (χ1) is 10.9. The van der Waals surface area contributed by atoms with Crippen molar-refractivity contribution in [3.05, 3.63) is 54.0 Å². The average molecular weight is 326 g/mol. The van der Waals surface area contributed by atoms with Gasteiger partial charge in [0.25, 0.3) is 0 Å². The van der Waals surface area contributed by atoms with Gasteiger partial charge in [-0.15, -0.1) is 0 Å². The summed E-state index contributed by atoms with van der Waals surface area (Å²) in [5.74, 6) is -1.81. The summed E-state index contributed by atoms with van der Waals surface area (Å²) >= 11 is 0. The fourth-order valence-electron chi connectivity index (χ4n) is 1.77. The van der Waals surface area contributed by atoms with E-state index in [-0.39, 0.29) is 12.2 Å². The van der Waals surface area contributed by atoms with E-state index in [0.29, 0.717) is 6.42 Å². The number of rotatable bonds is 4. The first-order valence-corrected chi connectivity index (χ1v) is 6.64. The Kier molecular flexibility index (Phi) is 5.05. The number of alkyl halides is 3. The number of halogens is 3. The number of carbonyl (C=O) groups excluding carboxylic acids is 2. The number of hydrogen-bond acceptors (Lipinski definition) is 3. The molecule has 122 valence electrons. The minimum Gasteiger partial charge on any atom is -0.472 e. The molecule has 1 aromatic heterocycles. The number of amides is 2. The van der Waals surface area contributed by atoms with E-state index < -0.39 is 23.6 Å². The lowest BCUT2D eigenvalue weighted by Gasteiger charge is -2.09. The van der Waals surface area contributed by atoms with E-state index in [0.717, 1.165) is 29.8 Å². The van der Waals surface area contributed by atoms with Gasteiger partial charge in [0.1, 0.15) is 0 Å². The second-order valence-electron chi connectivity index (χ2n) is 4.67. The van der Waals surface area contributed by atoms with Crippen molar-refractivity contribution in [1.82, 2.24) is 5.32 Å². The monoisotopic (exact) mass is 326 g/mol. The highest BCUT2D eigenvalue weighted by Gasteiger charge is 2.30. The van der Waals surface area contributed by atoms with Gasteiger partial charge in [-0.3, -0.25) is 9.59 Å². The molecule has 2 aromatic rings. The lowest BCUT2D eigenvalue weighted by molar-refractivity contribution is -0.137. The predicted molar refractivity (Wildman–Crippen MR) is 75.5 cm³/mol. The normalized spacial score (nSPS) is 11.1. The molecule has 0 aliphatic heterocycles. The van der Waals surface area contributed by atoms with Crippen molar-refractivity contribution in [2.24, 2.45) is 0 Å². The highest BCUT2D eigenvalue weighted by Crippen LogP contribution is 2.29. The molecule has 0 aliphatic carbocycles. The van der Waals surface area contributed by atoms with Crippen molar-refractivity contribution in [2.75, 3.05) is 11.9 Å². The van der Waals surface area contributed by atoms with E-state index in [4.69, 9.17) is 4.42 Å². The van der Waals surface area contributed by atoms with Crippen molar-refractivity contribution in [3.8, 4) is 0 Å². The molecule has 0 spiro atoms. The number of carbonyl (C=O) groups is 2. The molecule has 1 heterocycles. The van der Waals surface area contributed by atoms with Crippen LogP contribution in [-0.2, 0) is 22.2 Å². The zero-order chi connectivity index (χ0) is 16.9. The second kappa shape index (κ2) is 6.99. The van der Waals surface area contributed by atoms with Crippen molar-refractivity contribution in [1.29, 1.82) is 0 Å². The molecule has 0 unspecified atom stereocenters. The van der Waals surface area contributed by atoms with E-state index in [2.05, 4.69) is 10.6 Å². The van der Waals surface area contributed by atoms with Crippen molar-refractivity contribution in [2.45, 2.75) is 12.6 Å². The third kappa shape index (κ3) is 4.87. The van der Waals surface area contributed by atoms with Gasteiger partial charge in [-0.1, -0.05) is 0 Å². The zero-order valence-electron chi connectivity index (χ0n) is 11.8. The number of hydrogen-bond donors (Lipinski definition) is 2. The van der Waals surface area contributed by atoms with E-state index in [9.17, 15) is 22.8 Å². The number of furan rings is 1.